The monoisotopic (exact) mass is 326 g/mol. The maximum Gasteiger partial charge on any atom is 0.357 e. The molecule has 1 unspecified atom stereocenters. The van der Waals surface area contributed by atoms with Gasteiger partial charge < -0.3 is 4.18 Å². The summed E-state index contributed by atoms with van der Waals surface area (Å²) in [5.74, 6) is 0.527. The average molecular weight is 327 g/mol. The standard InChI is InChI=1S/C18H30O3S/c1-2-3-4-5-6-7-8-9-10-11-14-17-15-12-13-16-18(17)21-22(19)20/h12-13,15-16H,2-11,14H2,1H3,(H,19,20). The third kappa shape index (κ3) is 9.21. The first-order chi connectivity index (χ1) is 10.7. The van der Waals surface area contributed by atoms with Crippen molar-refractivity contribution in [2.45, 2.75) is 77.6 Å². The highest BCUT2D eigenvalue weighted by atomic mass is 32.2. The van der Waals surface area contributed by atoms with E-state index in [1.54, 1.807) is 6.07 Å². The summed E-state index contributed by atoms with van der Waals surface area (Å²) in [5, 5.41) is 0. The predicted octanol–water partition coefficient (Wildman–Crippen LogP) is 5.67. The number of hydrogen-bond acceptors (Lipinski definition) is 2. The quantitative estimate of drug-likeness (QED) is 0.375. The average Bonchev–Trinajstić information content (AvgIpc) is 2.50. The predicted molar refractivity (Wildman–Crippen MR) is 93.4 cm³/mol. The molecule has 0 spiro atoms. The zero-order chi connectivity index (χ0) is 16.0. The Morgan fingerprint density at radius 3 is 2.05 bits per heavy atom. The SMILES string of the molecule is CCCCCCCCCCCCc1ccccc1OS(=O)O. The van der Waals surface area contributed by atoms with Gasteiger partial charge in [0.15, 0.2) is 0 Å². The molecule has 1 N–H and O–H groups in total. The van der Waals surface area contributed by atoms with E-state index in [0.717, 1.165) is 18.4 Å². The molecule has 0 bridgehead atoms. The van der Waals surface area contributed by atoms with E-state index in [-0.39, 0.29) is 0 Å². The molecule has 0 aliphatic rings. The summed E-state index contributed by atoms with van der Waals surface area (Å²) < 4.78 is 24.5. The van der Waals surface area contributed by atoms with Crippen molar-refractivity contribution >= 4 is 11.4 Å². The van der Waals surface area contributed by atoms with Gasteiger partial charge >= 0.3 is 11.4 Å². The Bertz CT molecular complexity index is 421. The van der Waals surface area contributed by atoms with Crippen LogP contribution in [0, 0.1) is 0 Å². The van der Waals surface area contributed by atoms with Gasteiger partial charge in [0.05, 0.1) is 0 Å². The summed E-state index contributed by atoms with van der Waals surface area (Å²) in [7, 11) is 0. The van der Waals surface area contributed by atoms with Crippen molar-refractivity contribution in [3.8, 4) is 5.75 Å². The first-order valence-corrected chi connectivity index (χ1v) is 9.64. The van der Waals surface area contributed by atoms with Gasteiger partial charge in [0.2, 0.25) is 0 Å². The largest absolute Gasteiger partial charge is 0.380 e. The van der Waals surface area contributed by atoms with Crippen LogP contribution < -0.4 is 4.18 Å². The molecule has 0 radical (unpaired) electrons. The number of aryl methyl sites for hydroxylation is 1. The molecular formula is C18H30O3S. The summed E-state index contributed by atoms with van der Waals surface area (Å²) in [4.78, 5) is 0. The maximum absolute atomic E-state index is 10.8. The van der Waals surface area contributed by atoms with Crippen LogP contribution in [0.3, 0.4) is 0 Å². The fourth-order valence-corrected chi connectivity index (χ4v) is 2.99. The summed E-state index contributed by atoms with van der Waals surface area (Å²) in [6.07, 6.45) is 14.0. The van der Waals surface area contributed by atoms with E-state index in [0.29, 0.717) is 5.75 Å². The molecule has 0 amide bonds. The first-order valence-electron chi connectivity index (χ1n) is 8.61. The summed E-state index contributed by atoms with van der Waals surface area (Å²) in [6, 6.07) is 7.48. The fraction of sp³-hybridized carbons (Fsp3) is 0.667. The Morgan fingerprint density at radius 2 is 1.45 bits per heavy atom. The van der Waals surface area contributed by atoms with Gasteiger partial charge in [0.1, 0.15) is 5.75 Å². The van der Waals surface area contributed by atoms with Crippen LogP contribution in [0.5, 0.6) is 5.75 Å². The topological polar surface area (TPSA) is 46.5 Å². The highest BCUT2D eigenvalue weighted by Gasteiger charge is 2.05. The molecule has 1 aromatic carbocycles. The van der Waals surface area contributed by atoms with Crippen LogP contribution in [0.1, 0.15) is 76.7 Å². The van der Waals surface area contributed by atoms with Gasteiger partial charge in [-0.25, -0.2) is 0 Å². The van der Waals surface area contributed by atoms with Gasteiger partial charge in [0.25, 0.3) is 0 Å². The lowest BCUT2D eigenvalue weighted by Gasteiger charge is -2.07. The molecular weight excluding hydrogens is 296 g/mol. The van der Waals surface area contributed by atoms with Gasteiger partial charge in [-0.15, -0.1) is 0 Å². The van der Waals surface area contributed by atoms with Crippen molar-refractivity contribution in [2.75, 3.05) is 0 Å². The molecule has 1 atom stereocenters. The van der Waals surface area contributed by atoms with E-state index < -0.39 is 11.4 Å². The third-order valence-electron chi connectivity index (χ3n) is 3.93. The molecule has 0 heterocycles. The number of unbranched alkanes of at least 4 members (excludes halogenated alkanes) is 9. The first kappa shape index (κ1) is 19.2. The van der Waals surface area contributed by atoms with Gasteiger partial charge in [-0.1, -0.05) is 82.9 Å². The van der Waals surface area contributed by atoms with Crippen LogP contribution in [0.15, 0.2) is 24.3 Å². The molecule has 0 saturated carbocycles. The number of benzene rings is 1. The molecule has 126 valence electrons. The molecule has 0 saturated heterocycles. The van der Waals surface area contributed by atoms with Crippen LogP contribution >= 0.6 is 0 Å². The highest BCUT2D eigenvalue weighted by Crippen LogP contribution is 2.21. The van der Waals surface area contributed by atoms with Crippen molar-refractivity contribution in [1.29, 1.82) is 0 Å². The Labute approximate surface area is 138 Å². The van der Waals surface area contributed by atoms with Crippen LogP contribution in [-0.4, -0.2) is 8.76 Å². The van der Waals surface area contributed by atoms with Crippen molar-refractivity contribution < 1.29 is 12.9 Å². The van der Waals surface area contributed by atoms with E-state index in [1.165, 1.54) is 57.8 Å². The minimum absolute atomic E-state index is 0.527. The van der Waals surface area contributed by atoms with E-state index >= 15 is 0 Å². The molecule has 3 nitrogen and oxygen atoms in total. The Hall–Kier alpha value is -0.870. The zero-order valence-corrected chi connectivity index (χ0v) is 14.6. The van der Waals surface area contributed by atoms with Crippen LogP contribution in [0.25, 0.3) is 0 Å². The minimum Gasteiger partial charge on any atom is -0.380 e. The van der Waals surface area contributed by atoms with Crippen LogP contribution in [-0.2, 0) is 17.8 Å². The number of rotatable bonds is 13. The van der Waals surface area contributed by atoms with Crippen LogP contribution in [0.2, 0.25) is 0 Å². The highest BCUT2D eigenvalue weighted by molar-refractivity contribution is 7.74. The number of para-hydroxylation sites is 1. The Morgan fingerprint density at radius 1 is 0.909 bits per heavy atom. The zero-order valence-electron chi connectivity index (χ0n) is 13.8. The Kier molecular flexibility index (Phi) is 11.0. The lowest BCUT2D eigenvalue weighted by Crippen LogP contribution is -2.00. The lowest BCUT2D eigenvalue weighted by molar-refractivity contribution is 0.454. The van der Waals surface area contributed by atoms with Gasteiger partial charge in [0, 0.05) is 0 Å². The van der Waals surface area contributed by atoms with Crippen molar-refractivity contribution in [2.24, 2.45) is 0 Å². The molecule has 4 heteroatoms. The van der Waals surface area contributed by atoms with Crippen LogP contribution in [0.4, 0.5) is 0 Å². The second-order valence-corrected chi connectivity index (χ2v) is 6.44. The van der Waals surface area contributed by atoms with E-state index in [2.05, 4.69) is 6.92 Å². The summed E-state index contributed by atoms with van der Waals surface area (Å²) in [6.45, 7) is 2.25. The third-order valence-corrected chi connectivity index (χ3v) is 4.26. The summed E-state index contributed by atoms with van der Waals surface area (Å²) in [5.41, 5.74) is 1.02. The second-order valence-electron chi connectivity index (χ2n) is 5.84. The molecule has 0 aliphatic heterocycles. The van der Waals surface area contributed by atoms with Gasteiger partial charge in [-0.2, -0.15) is 4.21 Å². The molecule has 1 aromatic rings. The smallest absolute Gasteiger partial charge is 0.357 e. The lowest BCUT2D eigenvalue weighted by atomic mass is 10.0. The molecule has 22 heavy (non-hydrogen) atoms. The summed E-state index contributed by atoms with van der Waals surface area (Å²) >= 11 is -2.24. The fourth-order valence-electron chi connectivity index (χ4n) is 2.67. The van der Waals surface area contributed by atoms with Gasteiger partial charge in [-0.05, 0) is 24.5 Å². The molecule has 1 rings (SSSR count). The Balaban J connectivity index is 2.08. The second kappa shape index (κ2) is 12.7. The van der Waals surface area contributed by atoms with E-state index in [9.17, 15) is 4.21 Å². The van der Waals surface area contributed by atoms with Crippen molar-refractivity contribution in [3.05, 3.63) is 29.8 Å². The number of hydrogen-bond donors (Lipinski definition) is 1. The molecule has 0 aliphatic carbocycles. The molecule has 0 aromatic heterocycles. The van der Waals surface area contributed by atoms with Crippen molar-refractivity contribution in [1.82, 2.24) is 0 Å². The molecule has 0 fully saturated rings. The minimum atomic E-state index is -2.24. The van der Waals surface area contributed by atoms with Crippen molar-refractivity contribution in [3.63, 3.8) is 0 Å². The van der Waals surface area contributed by atoms with E-state index in [1.807, 2.05) is 18.2 Å². The van der Waals surface area contributed by atoms with E-state index in [4.69, 9.17) is 8.74 Å². The normalized spacial score (nSPS) is 12.3. The maximum atomic E-state index is 10.8. The van der Waals surface area contributed by atoms with Gasteiger partial charge in [-0.3, -0.25) is 4.55 Å².